The molecule has 2 aromatic heterocycles. The van der Waals surface area contributed by atoms with Crippen molar-refractivity contribution >= 4 is 12.4 Å². The van der Waals surface area contributed by atoms with Gasteiger partial charge in [-0.05, 0) is 29.8 Å². The van der Waals surface area contributed by atoms with Gasteiger partial charge in [0.15, 0.2) is 0 Å². The van der Waals surface area contributed by atoms with Crippen LogP contribution >= 0.6 is 12.4 Å². The highest BCUT2D eigenvalue weighted by atomic mass is 35.5. The van der Waals surface area contributed by atoms with E-state index in [2.05, 4.69) is 26.3 Å². The first-order chi connectivity index (χ1) is 12.3. The molecule has 1 N–H and O–H groups in total. The molecule has 1 unspecified atom stereocenters. The lowest BCUT2D eigenvalue weighted by Gasteiger charge is -2.35. The number of oxazole rings is 1. The van der Waals surface area contributed by atoms with Gasteiger partial charge in [0.2, 0.25) is 5.89 Å². The van der Waals surface area contributed by atoms with E-state index < -0.39 is 0 Å². The van der Waals surface area contributed by atoms with Crippen molar-refractivity contribution < 1.29 is 8.81 Å². The molecule has 1 saturated heterocycles. The molecule has 5 nitrogen and oxygen atoms in total. The third-order valence-corrected chi connectivity index (χ3v) is 4.41. The van der Waals surface area contributed by atoms with Crippen molar-refractivity contribution in [2.75, 3.05) is 19.6 Å². The summed E-state index contributed by atoms with van der Waals surface area (Å²) in [5, 5.41) is 3.43. The van der Waals surface area contributed by atoms with E-state index in [4.69, 9.17) is 4.42 Å². The van der Waals surface area contributed by atoms with Gasteiger partial charge in [0.05, 0.1) is 5.69 Å². The topological polar surface area (TPSA) is 54.2 Å². The summed E-state index contributed by atoms with van der Waals surface area (Å²) in [4.78, 5) is 11.1. The number of aromatic nitrogens is 2. The number of rotatable bonds is 4. The van der Waals surface area contributed by atoms with Gasteiger partial charge in [0.25, 0.3) is 0 Å². The Morgan fingerprint density at radius 3 is 3.00 bits per heavy atom. The van der Waals surface area contributed by atoms with Gasteiger partial charge in [-0.25, -0.2) is 9.37 Å². The Hall–Kier alpha value is -2.28. The highest BCUT2D eigenvalue weighted by Gasteiger charge is 2.25. The Kier molecular flexibility index (Phi) is 5.98. The summed E-state index contributed by atoms with van der Waals surface area (Å²) in [6.45, 7) is 3.41. The molecule has 0 saturated carbocycles. The third-order valence-electron chi connectivity index (χ3n) is 4.41. The smallest absolute Gasteiger partial charge is 0.226 e. The van der Waals surface area contributed by atoms with Gasteiger partial charge in [-0.15, -0.1) is 12.4 Å². The highest BCUT2D eigenvalue weighted by molar-refractivity contribution is 5.85. The monoisotopic (exact) mass is 374 g/mol. The molecule has 3 aromatic rings. The van der Waals surface area contributed by atoms with Crippen molar-refractivity contribution in [3.8, 4) is 11.5 Å². The molecule has 26 heavy (non-hydrogen) atoms. The number of pyridine rings is 1. The molecule has 0 amide bonds. The van der Waals surface area contributed by atoms with Crippen LogP contribution in [-0.2, 0) is 6.54 Å². The van der Waals surface area contributed by atoms with E-state index in [0.29, 0.717) is 18.0 Å². The van der Waals surface area contributed by atoms with Gasteiger partial charge in [-0.1, -0.05) is 12.1 Å². The van der Waals surface area contributed by atoms with Crippen LogP contribution in [-0.4, -0.2) is 34.5 Å². The molecule has 3 heterocycles. The Morgan fingerprint density at radius 2 is 2.19 bits per heavy atom. The average Bonchev–Trinajstić information content (AvgIpc) is 3.12. The molecule has 1 atom stereocenters. The van der Waals surface area contributed by atoms with E-state index in [1.807, 2.05) is 12.3 Å². The summed E-state index contributed by atoms with van der Waals surface area (Å²) in [6, 6.07) is 10.6. The van der Waals surface area contributed by atoms with Crippen molar-refractivity contribution in [3.63, 3.8) is 0 Å². The van der Waals surface area contributed by atoms with Crippen molar-refractivity contribution in [1.29, 1.82) is 0 Å². The molecule has 1 aliphatic rings. The first-order valence-corrected chi connectivity index (χ1v) is 8.34. The first-order valence-electron chi connectivity index (χ1n) is 8.34. The van der Waals surface area contributed by atoms with Crippen LogP contribution in [0.15, 0.2) is 59.5 Å². The van der Waals surface area contributed by atoms with Gasteiger partial charge in [0, 0.05) is 50.2 Å². The summed E-state index contributed by atoms with van der Waals surface area (Å²) in [6.07, 6.45) is 5.35. The molecule has 1 fully saturated rings. The number of halogens is 2. The lowest BCUT2D eigenvalue weighted by atomic mass is 10.1. The maximum Gasteiger partial charge on any atom is 0.226 e. The summed E-state index contributed by atoms with van der Waals surface area (Å²) < 4.78 is 18.9. The second-order valence-corrected chi connectivity index (χ2v) is 6.13. The molecule has 0 bridgehead atoms. The second kappa shape index (κ2) is 8.40. The Morgan fingerprint density at radius 1 is 1.27 bits per heavy atom. The van der Waals surface area contributed by atoms with E-state index in [1.165, 1.54) is 17.7 Å². The zero-order chi connectivity index (χ0) is 17.1. The third kappa shape index (κ3) is 4.09. The van der Waals surface area contributed by atoms with Gasteiger partial charge in [-0.3, -0.25) is 9.88 Å². The summed E-state index contributed by atoms with van der Waals surface area (Å²) >= 11 is 0. The zero-order valence-electron chi connectivity index (χ0n) is 14.1. The zero-order valence-corrected chi connectivity index (χ0v) is 15.0. The van der Waals surface area contributed by atoms with Crippen LogP contribution in [0, 0.1) is 5.82 Å². The van der Waals surface area contributed by atoms with Crippen LogP contribution in [0.2, 0.25) is 0 Å². The fraction of sp³-hybridized carbons (Fsp3) is 0.263. The Balaban J connectivity index is 0.00000196. The van der Waals surface area contributed by atoms with E-state index in [-0.39, 0.29) is 24.3 Å². The highest BCUT2D eigenvalue weighted by Crippen LogP contribution is 2.25. The maximum absolute atomic E-state index is 13.4. The Bertz CT molecular complexity index is 842. The molecule has 1 aromatic carbocycles. The number of hydrogen-bond donors (Lipinski definition) is 1. The Labute approximate surface area is 157 Å². The van der Waals surface area contributed by atoms with Crippen LogP contribution in [0.25, 0.3) is 11.5 Å². The van der Waals surface area contributed by atoms with E-state index in [0.717, 1.165) is 25.3 Å². The van der Waals surface area contributed by atoms with Crippen LogP contribution < -0.4 is 5.32 Å². The molecule has 0 radical (unpaired) electrons. The fourth-order valence-electron chi connectivity index (χ4n) is 3.18. The largest absolute Gasteiger partial charge is 0.444 e. The maximum atomic E-state index is 13.4. The molecular weight excluding hydrogens is 355 g/mol. The van der Waals surface area contributed by atoms with Crippen LogP contribution in [0.5, 0.6) is 0 Å². The number of benzene rings is 1. The van der Waals surface area contributed by atoms with Crippen molar-refractivity contribution in [2.24, 2.45) is 0 Å². The first kappa shape index (κ1) is 18.5. The molecule has 0 aliphatic carbocycles. The average molecular weight is 375 g/mol. The minimum atomic E-state index is -0.295. The SMILES string of the molecule is Cl.Fc1cccc(-c2nc(CN3CCNCC3c3cccnc3)co2)c1. The van der Waals surface area contributed by atoms with Gasteiger partial charge < -0.3 is 9.73 Å². The predicted octanol–water partition coefficient (Wildman–Crippen LogP) is 3.44. The lowest BCUT2D eigenvalue weighted by molar-refractivity contribution is 0.151. The predicted molar refractivity (Wildman–Crippen MR) is 99.4 cm³/mol. The number of nitrogens with zero attached hydrogens (tertiary/aromatic N) is 3. The number of piperazine rings is 1. The van der Waals surface area contributed by atoms with Crippen LogP contribution in [0.4, 0.5) is 4.39 Å². The quantitative estimate of drug-likeness (QED) is 0.758. The second-order valence-electron chi connectivity index (χ2n) is 6.13. The van der Waals surface area contributed by atoms with E-state index >= 15 is 0 Å². The lowest BCUT2D eigenvalue weighted by Crippen LogP contribution is -2.45. The van der Waals surface area contributed by atoms with Crippen LogP contribution in [0.3, 0.4) is 0 Å². The van der Waals surface area contributed by atoms with E-state index in [9.17, 15) is 4.39 Å². The fourth-order valence-corrected chi connectivity index (χ4v) is 3.18. The van der Waals surface area contributed by atoms with Crippen molar-refractivity contribution in [3.05, 3.63) is 72.1 Å². The van der Waals surface area contributed by atoms with Crippen molar-refractivity contribution in [1.82, 2.24) is 20.2 Å². The van der Waals surface area contributed by atoms with Gasteiger partial charge in [0.1, 0.15) is 12.1 Å². The molecule has 4 rings (SSSR count). The molecule has 136 valence electrons. The standard InChI is InChI=1S/C19H19FN4O.ClH/c20-16-5-1-3-14(9-16)19-23-17(13-25-19)12-24-8-7-22-11-18(24)15-4-2-6-21-10-15;/h1-6,9-10,13,18,22H,7-8,11-12H2;1H. The summed E-state index contributed by atoms with van der Waals surface area (Å²) in [5.41, 5.74) is 2.67. The van der Waals surface area contributed by atoms with Gasteiger partial charge >= 0.3 is 0 Å². The minimum absolute atomic E-state index is 0. The minimum Gasteiger partial charge on any atom is -0.444 e. The van der Waals surface area contributed by atoms with E-state index in [1.54, 1.807) is 24.6 Å². The summed E-state index contributed by atoms with van der Waals surface area (Å²) in [5.74, 6) is 0.151. The molecule has 7 heteroatoms. The molecule has 1 aliphatic heterocycles. The molecular formula is C19H20ClFN4O. The van der Waals surface area contributed by atoms with Crippen molar-refractivity contribution in [2.45, 2.75) is 12.6 Å². The van der Waals surface area contributed by atoms with Crippen LogP contribution in [0.1, 0.15) is 17.3 Å². The van der Waals surface area contributed by atoms with Gasteiger partial charge in [-0.2, -0.15) is 0 Å². The number of hydrogen-bond acceptors (Lipinski definition) is 5. The molecule has 0 spiro atoms. The normalized spacial score (nSPS) is 17.7. The summed E-state index contributed by atoms with van der Waals surface area (Å²) in [7, 11) is 0. The number of nitrogens with one attached hydrogen (secondary N) is 1.